The summed E-state index contributed by atoms with van der Waals surface area (Å²) in [7, 11) is 1.59. The third-order valence-electron chi connectivity index (χ3n) is 4.98. The summed E-state index contributed by atoms with van der Waals surface area (Å²) in [6.07, 6.45) is 2.99. The lowest BCUT2D eigenvalue weighted by Crippen LogP contribution is -2.45. The molecular weight excluding hydrogens is 320 g/mol. The molecule has 1 aromatic rings. The van der Waals surface area contributed by atoms with Gasteiger partial charge in [0.1, 0.15) is 11.9 Å². The van der Waals surface area contributed by atoms with Gasteiger partial charge in [0.25, 0.3) is 0 Å². The molecule has 2 aliphatic rings. The number of allylic oxidation sites excluding steroid dienone is 1. The first-order valence-corrected chi connectivity index (χ1v) is 8.63. The average molecular weight is 344 g/mol. The highest BCUT2D eigenvalue weighted by molar-refractivity contribution is 5.95. The van der Waals surface area contributed by atoms with Crippen LogP contribution in [0.2, 0.25) is 0 Å². The summed E-state index contributed by atoms with van der Waals surface area (Å²) in [5, 5.41) is 5.49. The number of amides is 2. The van der Waals surface area contributed by atoms with Gasteiger partial charge in [0.05, 0.1) is 18.7 Å². The van der Waals surface area contributed by atoms with Crippen molar-refractivity contribution in [3.63, 3.8) is 0 Å². The summed E-state index contributed by atoms with van der Waals surface area (Å²) in [6.45, 7) is 3.83. The molecule has 25 heavy (non-hydrogen) atoms. The lowest BCUT2D eigenvalue weighted by atomic mass is 9.95. The molecule has 2 amide bonds. The highest BCUT2D eigenvalue weighted by atomic mass is 16.5. The average Bonchev–Trinajstić information content (AvgIpc) is 2.99. The molecule has 6 heteroatoms. The number of carbonyl (C=O) groups excluding carboxylic acids is 2. The highest BCUT2D eigenvalue weighted by Crippen LogP contribution is 2.32. The second-order valence-corrected chi connectivity index (χ2v) is 6.70. The molecule has 1 aliphatic carbocycles. The van der Waals surface area contributed by atoms with Gasteiger partial charge in [-0.15, -0.1) is 0 Å². The van der Waals surface area contributed by atoms with E-state index in [4.69, 9.17) is 9.47 Å². The highest BCUT2D eigenvalue weighted by Gasteiger charge is 2.35. The second kappa shape index (κ2) is 7.17. The molecule has 0 spiro atoms. The van der Waals surface area contributed by atoms with Crippen LogP contribution >= 0.6 is 0 Å². The molecule has 3 rings (SSSR count). The number of ether oxygens (including phenoxy) is 2. The van der Waals surface area contributed by atoms with Gasteiger partial charge in [-0.3, -0.25) is 0 Å². The predicted molar refractivity (Wildman–Crippen MR) is 93.0 cm³/mol. The Morgan fingerprint density at radius 1 is 1.20 bits per heavy atom. The van der Waals surface area contributed by atoms with Crippen molar-refractivity contribution in [2.45, 2.75) is 45.3 Å². The number of hydrogen-bond donors (Lipinski definition) is 2. The molecule has 0 saturated heterocycles. The number of hydrogen-bond acceptors (Lipinski definition) is 4. The standard InChI is InChI=1S/C19H24N2O4/c1-11-5-4-6-15(11)25-18(22)16-12(2)20-19(23)21-17(16)13-7-9-14(24-3)10-8-13/h7-11,15,17H,4-6H2,1-3H3,(H2,20,21,23)/t11-,15-,17+/m0/s1. The monoisotopic (exact) mass is 344 g/mol. The van der Waals surface area contributed by atoms with E-state index in [0.717, 1.165) is 24.8 Å². The van der Waals surface area contributed by atoms with Crippen LogP contribution in [0.3, 0.4) is 0 Å². The number of urea groups is 1. The molecule has 0 radical (unpaired) electrons. The minimum absolute atomic E-state index is 0.0538. The van der Waals surface area contributed by atoms with Crippen LogP contribution in [0.5, 0.6) is 5.75 Å². The van der Waals surface area contributed by atoms with Crippen molar-refractivity contribution in [3.8, 4) is 5.75 Å². The lowest BCUT2D eigenvalue weighted by molar-refractivity contribution is -0.146. The number of rotatable bonds is 4. The fraction of sp³-hybridized carbons (Fsp3) is 0.474. The van der Waals surface area contributed by atoms with Gasteiger partial charge >= 0.3 is 12.0 Å². The van der Waals surface area contributed by atoms with E-state index in [1.54, 1.807) is 26.2 Å². The molecule has 0 bridgehead atoms. The van der Waals surface area contributed by atoms with Crippen molar-refractivity contribution in [2.24, 2.45) is 5.92 Å². The molecule has 3 atom stereocenters. The molecule has 2 N–H and O–H groups in total. The van der Waals surface area contributed by atoms with Crippen LogP contribution in [0.4, 0.5) is 4.79 Å². The number of benzene rings is 1. The van der Waals surface area contributed by atoms with Crippen LogP contribution in [0.15, 0.2) is 35.5 Å². The van der Waals surface area contributed by atoms with Gasteiger partial charge in [0.2, 0.25) is 0 Å². The maximum Gasteiger partial charge on any atom is 0.338 e. The third-order valence-corrected chi connectivity index (χ3v) is 4.98. The molecule has 1 aromatic carbocycles. The van der Waals surface area contributed by atoms with E-state index in [0.29, 0.717) is 22.9 Å². The van der Waals surface area contributed by atoms with Crippen LogP contribution in [0, 0.1) is 5.92 Å². The molecule has 1 aliphatic heterocycles. The fourth-order valence-corrected chi connectivity index (χ4v) is 3.50. The summed E-state index contributed by atoms with van der Waals surface area (Å²) in [4.78, 5) is 24.7. The Bertz CT molecular complexity index is 696. The van der Waals surface area contributed by atoms with E-state index >= 15 is 0 Å². The van der Waals surface area contributed by atoms with Crippen LogP contribution < -0.4 is 15.4 Å². The maximum atomic E-state index is 12.8. The summed E-state index contributed by atoms with van der Waals surface area (Å²) in [6, 6.07) is 6.43. The molecule has 0 unspecified atom stereocenters. The first-order chi connectivity index (χ1) is 12.0. The molecule has 1 saturated carbocycles. The minimum atomic E-state index is -0.538. The van der Waals surface area contributed by atoms with Crippen molar-refractivity contribution < 1.29 is 19.1 Å². The normalized spacial score (nSPS) is 26.0. The van der Waals surface area contributed by atoms with Crippen LogP contribution in [-0.2, 0) is 9.53 Å². The minimum Gasteiger partial charge on any atom is -0.497 e. The van der Waals surface area contributed by atoms with Crippen LogP contribution in [0.1, 0.15) is 44.7 Å². The Kier molecular flexibility index (Phi) is 4.97. The fourth-order valence-electron chi connectivity index (χ4n) is 3.50. The molecule has 1 fully saturated rings. The van der Waals surface area contributed by atoms with Gasteiger partial charge in [-0.25, -0.2) is 9.59 Å². The summed E-state index contributed by atoms with van der Waals surface area (Å²) in [5.41, 5.74) is 1.78. The zero-order valence-corrected chi connectivity index (χ0v) is 14.8. The Labute approximate surface area is 147 Å². The van der Waals surface area contributed by atoms with Gasteiger partial charge in [0, 0.05) is 5.70 Å². The third kappa shape index (κ3) is 3.62. The van der Waals surface area contributed by atoms with E-state index < -0.39 is 6.04 Å². The SMILES string of the molecule is COc1ccc([C@H]2NC(=O)NC(C)=C2C(=O)O[C@H]2CCC[C@@H]2C)cc1. The van der Waals surface area contributed by atoms with Gasteiger partial charge < -0.3 is 20.1 Å². The Morgan fingerprint density at radius 3 is 2.52 bits per heavy atom. The first-order valence-electron chi connectivity index (χ1n) is 8.63. The van der Waals surface area contributed by atoms with Crippen molar-refractivity contribution in [1.29, 1.82) is 0 Å². The van der Waals surface area contributed by atoms with Gasteiger partial charge in [-0.1, -0.05) is 19.1 Å². The maximum absolute atomic E-state index is 12.8. The second-order valence-electron chi connectivity index (χ2n) is 6.70. The Balaban J connectivity index is 1.87. The van der Waals surface area contributed by atoms with Crippen LogP contribution in [0.25, 0.3) is 0 Å². The van der Waals surface area contributed by atoms with E-state index in [9.17, 15) is 9.59 Å². The molecule has 134 valence electrons. The van der Waals surface area contributed by atoms with Gasteiger partial charge in [-0.2, -0.15) is 0 Å². The largest absolute Gasteiger partial charge is 0.497 e. The van der Waals surface area contributed by atoms with Crippen LogP contribution in [-0.4, -0.2) is 25.2 Å². The Morgan fingerprint density at radius 2 is 1.92 bits per heavy atom. The van der Waals surface area contributed by atoms with Gasteiger partial charge in [0.15, 0.2) is 0 Å². The number of esters is 1. The number of methoxy groups -OCH3 is 1. The Hall–Kier alpha value is -2.50. The zero-order valence-electron chi connectivity index (χ0n) is 14.8. The van der Waals surface area contributed by atoms with E-state index in [-0.39, 0.29) is 18.1 Å². The predicted octanol–water partition coefficient (Wildman–Crippen LogP) is 3.05. The lowest BCUT2D eigenvalue weighted by Gasteiger charge is -2.29. The van der Waals surface area contributed by atoms with Crippen molar-refractivity contribution >= 4 is 12.0 Å². The molecular formula is C19H24N2O4. The number of nitrogens with one attached hydrogen (secondary N) is 2. The topological polar surface area (TPSA) is 76.7 Å². The van der Waals surface area contributed by atoms with Gasteiger partial charge in [-0.05, 0) is 49.8 Å². The van der Waals surface area contributed by atoms with Crippen molar-refractivity contribution in [1.82, 2.24) is 10.6 Å². The number of carbonyl (C=O) groups is 2. The molecule has 6 nitrogen and oxygen atoms in total. The summed E-state index contributed by atoms with van der Waals surface area (Å²) >= 11 is 0. The summed E-state index contributed by atoms with van der Waals surface area (Å²) in [5.74, 6) is 0.716. The van der Waals surface area contributed by atoms with Crippen molar-refractivity contribution in [2.75, 3.05) is 7.11 Å². The van der Waals surface area contributed by atoms with Crippen molar-refractivity contribution in [3.05, 3.63) is 41.1 Å². The zero-order chi connectivity index (χ0) is 18.0. The summed E-state index contributed by atoms with van der Waals surface area (Å²) < 4.78 is 10.9. The van der Waals surface area contributed by atoms with E-state index in [1.165, 1.54) is 0 Å². The molecule has 1 heterocycles. The molecule has 0 aromatic heterocycles. The smallest absolute Gasteiger partial charge is 0.338 e. The van der Waals surface area contributed by atoms with E-state index in [2.05, 4.69) is 17.6 Å². The quantitative estimate of drug-likeness (QED) is 0.823. The van der Waals surface area contributed by atoms with E-state index in [1.807, 2.05) is 12.1 Å². The first kappa shape index (κ1) is 17.3.